The van der Waals surface area contributed by atoms with Gasteiger partial charge >= 0.3 is 0 Å². The first-order valence-electron chi connectivity index (χ1n) is 7.93. The molecule has 7 heteroatoms. The normalized spacial score (nSPS) is 19.8. The number of aryl methyl sites for hydroxylation is 1. The summed E-state index contributed by atoms with van der Waals surface area (Å²) in [6.07, 6.45) is 3.13. The largest absolute Gasteiger partial charge is 0.342 e. The van der Waals surface area contributed by atoms with Crippen LogP contribution in [0.15, 0.2) is 23.1 Å². The third-order valence-corrected chi connectivity index (χ3v) is 5.88. The predicted octanol–water partition coefficient (Wildman–Crippen LogP) is 1.81. The van der Waals surface area contributed by atoms with Crippen molar-refractivity contribution >= 4 is 15.9 Å². The summed E-state index contributed by atoms with van der Waals surface area (Å²) in [6.45, 7) is 2.81. The molecular formula is C16H21FN2O3S. The van der Waals surface area contributed by atoms with Gasteiger partial charge in [0.05, 0.1) is 4.90 Å². The van der Waals surface area contributed by atoms with E-state index >= 15 is 0 Å². The fourth-order valence-electron chi connectivity index (χ4n) is 2.95. The van der Waals surface area contributed by atoms with Crippen molar-refractivity contribution < 1.29 is 17.6 Å². The van der Waals surface area contributed by atoms with Crippen molar-refractivity contribution in [3.63, 3.8) is 0 Å². The molecule has 0 radical (unpaired) electrons. The van der Waals surface area contributed by atoms with Gasteiger partial charge in [-0.2, -0.15) is 0 Å². The molecule has 0 aromatic heterocycles. The van der Waals surface area contributed by atoms with Crippen LogP contribution in [0.5, 0.6) is 0 Å². The number of nitrogens with one attached hydrogen (secondary N) is 1. The van der Waals surface area contributed by atoms with Crippen LogP contribution in [-0.2, 0) is 14.8 Å². The van der Waals surface area contributed by atoms with Crippen LogP contribution in [0.1, 0.15) is 31.2 Å². The van der Waals surface area contributed by atoms with Crippen molar-refractivity contribution in [3.8, 4) is 0 Å². The minimum Gasteiger partial charge on any atom is -0.342 e. The smallest absolute Gasteiger partial charge is 0.240 e. The zero-order chi connectivity index (χ0) is 16.6. The molecule has 5 nitrogen and oxygen atoms in total. The molecule has 1 amide bonds. The number of hydrogen-bond donors (Lipinski definition) is 1. The minimum atomic E-state index is -3.74. The Balaban J connectivity index is 1.62. The maximum atomic E-state index is 13.4. The van der Waals surface area contributed by atoms with E-state index in [1.165, 1.54) is 12.1 Å². The van der Waals surface area contributed by atoms with E-state index in [0.29, 0.717) is 31.5 Å². The maximum absolute atomic E-state index is 13.4. The summed E-state index contributed by atoms with van der Waals surface area (Å²) in [6, 6.07) is 3.56. The first kappa shape index (κ1) is 16.4. The zero-order valence-electron chi connectivity index (χ0n) is 13.1. The number of sulfonamides is 1. The molecule has 126 valence electrons. The van der Waals surface area contributed by atoms with Gasteiger partial charge in [0.15, 0.2) is 0 Å². The van der Waals surface area contributed by atoms with E-state index in [2.05, 4.69) is 4.72 Å². The van der Waals surface area contributed by atoms with Crippen molar-refractivity contribution in [2.75, 3.05) is 13.1 Å². The van der Waals surface area contributed by atoms with Gasteiger partial charge in [-0.25, -0.2) is 17.5 Å². The summed E-state index contributed by atoms with van der Waals surface area (Å²) in [5, 5.41) is 0. The van der Waals surface area contributed by atoms with E-state index in [0.717, 1.165) is 18.9 Å². The lowest BCUT2D eigenvalue weighted by molar-refractivity contribution is -0.133. The molecule has 0 unspecified atom stereocenters. The minimum absolute atomic E-state index is 0.0495. The molecule has 1 aromatic carbocycles. The quantitative estimate of drug-likeness (QED) is 0.909. The Morgan fingerprint density at radius 2 is 1.83 bits per heavy atom. The van der Waals surface area contributed by atoms with Crippen LogP contribution in [-0.4, -0.2) is 38.4 Å². The van der Waals surface area contributed by atoms with Crippen LogP contribution in [0.25, 0.3) is 0 Å². The standard InChI is InChI=1S/C16H21FN2O3S/c1-11-8-13(17)10-15(9-11)23(21,22)18-14-4-6-19(7-5-14)16(20)12-2-3-12/h8-10,12,14,18H,2-7H2,1H3. The summed E-state index contributed by atoms with van der Waals surface area (Å²) < 4.78 is 40.8. The lowest BCUT2D eigenvalue weighted by Crippen LogP contribution is -2.46. The van der Waals surface area contributed by atoms with E-state index in [-0.39, 0.29) is 22.8 Å². The molecular weight excluding hydrogens is 319 g/mol. The molecule has 1 aliphatic heterocycles. The van der Waals surface area contributed by atoms with Crippen LogP contribution < -0.4 is 4.72 Å². The Morgan fingerprint density at radius 3 is 2.39 bits per heavy atom. The molecule has 3 rings (SSSR count). The predicted molar refractivity (Wildman–Crippen MR) is 83.8 cm³/mol. The molecule has 0 atom stereocenters. The highest BCUT2D eigenvalue weighted by molar-refractivity contribution is 7.89. The fraction of sp³-hybridized carbons (Fsp3) is 0.562. The molecule has 1 saturated carbocycles. The van der Waals surface area contributed by atoms with Crippen LogP contribution in [0.2, 0.25) is 0 Å². The number of nitrogens with zero attached hydrogens (tertiary/aromatic N) is 1. The number of likely N-dealkylation sites (tertiary alicyclic amines) is 1. The fourth-order valence-corrected chi connectivity index (χ4v) is 4.37. The molecule has 1 N–H and O–H groups in total. The van der Waals surface area contributed by atoms with Gasteiger partial charge in [0, 0.05) is 25.0 Å². The van der Waals surface area contributed by atoms with Gasteiger partial charge < -0.3 is 4.90 Å². The highest BCUT2D eigenvalue weighted by Crippen LogP contribution is 2.32. The Kier molecular flexibility index (Phi) is 4.42. The topological polar surface area (TPSA) is 66.5 Å². The van der Waals surface area contributed by atoms with Gasteiger partial charge in [-0.1, -0.05) is 0 Å². The zero-order valence-corrected chi connectivity index (χ0v) is 13.9. The number of amides is 1. The first-order valence-corrected chi connectivity index (χ1v) is 9.42. The lowest BCUT2D eigenvalue weighted by Gasteiger charge is -2.32. The van der Waals surface area contributed by atoms with E-state index in [1.54, 1.807) is 6.92 Å². The molecule has 0 spiro atoms. The number of piperidine rings is 1. The summed E-state index contributed by atoms with van der Waals surface area (Å²) in [5.41, 5.74) is 0.565. The molecule has 1 aliphatic carbocycles. The Bertz CT molecular complexity index is 688. The molecule has 1 saturated heterocycles. The third-order valence-electron chi connectivity index (χ3n) is 4.38. The highest BCUT2D eigenvalue weighted by Gasteiger charge is 2.35. The second-order valence-corrected chi connectivity index (χ2v) is 8.17. The molecule has 1 heterocycles. The highest BCUT2D eigenvalue weighted by atomic mass is 32.2. The number of hydrogen-bond acceptors (Lipinski definition) is 3. The second kappa shape index (κ2) is 6.20. The van der Waals surface area contributed by atoms with Gasteiger partial charge in [-0.15, -0.1) is 0 Å². The van der Waals surface area contributed by atoms with Crippen molar-refractivity contribution in [1.29, 1.82) is 0 Å². The van der Waals surface area contributed by atoms with Gasteiger partial charge in [-0.05, 0) is 56.4 Å². The van der Waals surface area contributed by atoms with E-state index in [4.69, 9.17) is 0 Å². The first-order chi connectivity index (χ1) is 10.8. The van der Waals surface area contributed by atoms with Gasteiger partial charge in [0.1, 0.15) is 5.82 Å². The lowest BCUT2D eigenvalue weighted by atomic mass is 10.1. The van der Waals surface area contributed by atoms with E-state index < -0.39 is 15.8 Å². The number of carbonyl (C=O) groups excluding carboxylic acids is 1. The number of benzene rings is 1. The summed E-state index contributed by atoms with van der Waals surface area (Å²) >= 11 is 0. The SMILES string of the molecule is Cc1cc(F)cc(S(=O)(=O)NC2CCN(C(=O)C3CC3)CC2)c1. The average Bonchev–Trinajstić information content (AvgIpc) is 3.30. The molecule has 2 aliphatic rings. The van der Waals surface area contributed by atoms with Crippen LogP contribution in [0, 0.1) is 18.7 Å². The Labute approximate surface area is 135 Å². The molecule has 1 aromatic rings. The second-order valence-electron chi connectivity index (χ2n) is 6.46. The summed E-state index contributed by atoms with van der Waals surface area (Å²) in [5.74, 6) is -0.166. The van der Waals surface area contributed by atoms with Crippen LogP contribution >= 0.6 is 0 Å². The third kappa shape index (κ3) is 3.90. The van der Waals surface area contributed by atoms with E-state index in [9.17, 15) is 17.6 Å². The number of carbonyl (C=O) groups is 1. The summed E-state index contributed by atoms with van der Waals surface area (Å²) in [4.78, 5) is 13.8. The van der Waals surface area contributed by atoms with Crippen molar-refractivity contribution in [2.45, 2.75) is 43.5 Å². The Morgan fingerprint density at radius 1 is 1.17 bits per heavy atom. The molecule has 23 heavy (non-hydrogen) atoms. The van der Waals surface area contributed by atoms with Crippen molar-refractivity contribution in [3.05, 3.63) is 29.6 Å². The average molecular weight is 340 g/mol. The molecule has 2 fully saturated rings. The maximum Gasteiger partial charge on any atom is 0.240 e. The van der Waals surface area contributed by atoms with E-state index in [1.807, 2.05) is 4.90 Å². The van der Waals surface area contributed by atoms with Crippen molar-refractivity contribution in [2.24, 2.45) is 5.92 Å². The summed E-state index contributed by atoms with van der Waals surface area (Å²) in [7, 11) is -3.74. The Hall–Kier alpha value is -1.47. The monoisotopic (exact) mass is 340 g/mol. The van der Waals surface area contributed by atoms with Gasteiger partial charge in [0.25, 0.3) is 0 Å². The van der Waals surface area contributed by atoms with Crippen molar-refractivity contribution in [1.82, 2.24) is 9.62 Å². The number of halogens is 1. The van der Waals surface area contributed by atoms with Gasteiger partial charge in [0.2, 0.25) is 15.9 Å². The number of rotatable bonds is 4. The molecule has 0 bridgehead atoms. The van der Waals surface area contributed by atoms with Crippen LogP contribution in [0.4, 0.5) is 4.39 Å². The van der Waals surface area contributed by atoms with Crippen LogP contribution in [0.3, 0.4) is 0 Å². The van der Waals surface area contributed by atoms with Gasteiger partial charge in [-0.3, -0.25) is 4.79 Å².